The zero-order valence-corrected chi connectivity index (χ0v) is 15.0. The molecule has 0 radical (unpaired) electrons. The third-order valence-corrected chi connectivity index (χ3v) is 4.33. The number of carbonyl (C=O) groups excluding carboxylic acids is 1. The molecule has 5 nitrogen and oxygen atoms in total. The van der Waals surface area contributed by atoms with Gasteiger partial charge in [-0.3, -0.25) is 4.79 Å². The van der Waals surface area contributed by atoms with Crippen molar-refractivity contribution in [2.45, 2.75) is 32.4 Å². The fraction of sp³-hybridized carbons (Fsp3) is 0.238. The van der Waals surface area contributed by atoms with Crippen LogP contribution in [0.4, 0.5) is 0 Å². The number of aliphatic hydroxyl groups is 1. The topological polar surface area (TPSA) is 67.2 Å². The molecular weight excluding hydrogens is 326 g/mol. The van der Waals surface area contributed by atoms with Gasteiger partial charge in [0.2, 0.25) is 0 Å². The average molecular weight is 349 g/mol. The van der Waals surface area contributed by atoms with Gasteiger partial charge in [-0.15, -0.1) is 0 Å². The maximum Gasteiger partial charge on any atom is 0.251 e. The molecule has 2 aromatic carbocycles. The molecule has 0 bridgehead atoms. The number of benzene rings is 2. The molecule has 26 heavy (non-hydrogen) atoms. The molecule has 1 aromatic heterocycles. The van der Waals surface area contributed by atoms with Crippen molar-refractivity contribution in [3.05, 3.63) is 83.7 Å². The summed E-state index contributed by atoms with van der Waals surface area (Å²) in [6.07, 6.45) is 3.57. The molecule has 0 saturated heterocycles. The van der Waals surface area contributed by atoms with Crippen LogP contribution in [0, 0.1) is 6.92 Å². The summed E-state index contributed by atoms with van der Waals surface area (Å²) in [5.74, 6) is -0.201. The van der Waals surface area contributed by atoms with Crippen molar-refractivity contribution in [3.8, 4) is 5.69 Å². The van der Waals surface area contributed by atoms with Gasteiger partial charge in [-0.2, -0.15) is 5.10 Å². The number of nitrogens with one attached hydrogen (secondary N) is 1. The highest BCUT2D eigenvalue weighted by Gasteiger charge is 2.18. The van der Waals surface area contributed by atoms with E-state index < -0.39 is 6.10 Å². The first-order valence-corrected chi connectivity index (χ1v) is 8.67. The summed E-state index contributed by atoms with van der Waals surface area (Å²) in [7, 11) is 0. The van der Waals surface area contributed by atoms with Crippen LogP contribution < -0.4 is 5.32 Å². The number of hydrogen-bond acceptors (Lipinski definition) is 3. The third-order valence-electron chi connectivity index (χ3n) is 4.33. The highest BCUT2D eigenvalue weighted by atomic mass is 16.3. The largest absolute Gasteiger partial charge is 0.391 e. The van der Waals surface area contributed by atoms with Crippen LogP contribution in [0.15, 0.2) is 67.0 Å². The Morgan fingerprint density at radius 2 is 1.85 bits per heavy atom. The van der Waals surface area contributed by atoms with Crippen molar-refractivity contribution in [2.75, 3.05) is 0 Å². The average Bonchev–Trinajstić information content (AvgIpc) is 3.09. The van der Waals surface area contributed by atoms with Crippen LogP contribution in [0.25, 0.3) is 5.69 Å². The first-order chi connectivity index (χ1) is 12.5. The number of rotatable bonds is 6. The summed E-state index contributed by atoms with van der Waals surface area (Å²) >= 11 is 0. The number of carbonyl (C=O) groups is 1. The molecule has 0 saturated carbocycles. The molecule has 3 rings (SSSR count). The van der Waals surface area contributed by atoms with Crippen LogP contribution in [-0.2, 0) is 6.42 Å². The van der Waals surface area contributed by atoms with Crippen molar-refractivity contribution >= 4 is 5.91 Å². The van der Waals surface area contributed by atoms with Gasteiger partial charge < -0.3 is 10.4 Å². The van der Waals surface area contributed by atoms with Crippen LogP contribution in [-0.4, -0.2) is 32.9 Å². The number of aromatic nitrogens is 2. The monoisotopic (exact) mass is 349 g/mol. The smallest absolute Gasteiger partial charge is 0.251 e. The standard InChI is InChI=1S/C21H23N3O2/c1-15-13-22-24(14-15)19-10-8-18(9-11-19)21(26)23-16(2)20(25)12-17-6-4-3-5-7-17/h3-11,13-14,16,20,25H,12H2,1-2H3,(H,23,26). The first kappa shape index (κ1) is 17.9. The van der Waals surface area contributed by atoms with E-state index in [0.29, 0.717) is 12.0 Å². The van der Waals surface area contributed by atoms with Crippen LogP contribution in [0.5, 0.6) is 0 Å². The summed E-state index contributed by atoms with van der Waals surface area (Å²) in [6.45, 7) is 3.79. The second kappa shape index (κ2) is 7.97. The van der Waals surface area contributed by atoms with E-state index in [1.54, 1.807) is 23.0 Å². The minimum absolute atomic E-state index is 0.201. The Bertz CT molecular complexity index is 856. The molecule has 1 heterocycles. The van der Waals surface area contributed by atoms with Gasteiger partial charge >= 0.3 is 0 Å². The molecule has 5 heteroatoms. The lowest BCUT2D eigenvalue weighted by Crippen LogP contribution is -2.42. The molecule has 0 spiro atoms. The second-order valence-electron chi connectivity index (χ2n) is 6.53. The molecule has 1 amide bonds. The lowest BCUT2D eigenvalue weighted by Gasteiger charge is -2.20. The van der Waals surface area contributed by atoms with Crippen molar-refractivity contribution in [2.24, 2.45) is 0 Å². The highest BCUT2D eigenvalue weighted by Crippen LogP contribution is 2.11. The van der Waals surface area contributed by atoms with E-state index in [0.717, 1.165) is 16.8 Å². The molecule has 0 aliphatic heterocycles. The van der Waals surface area contributed by atoms with Gasteiger partial charge in [0.05, 0.1) is 24.0 Å². The van der Waals surface area contributed by atoms with Crippen molar-refractivity contribution in [3.63, 3.8) is 0 Å². The van der Waals surface area contributed by atoms with Gasteiger partial charge in [0, 0.05) is 18.2 Å². The Kier molecular flexibility index (Phi) is 5.49. The molecule has 2 atom stereocenters. The Morgan fingerprint density at radius 1 is 1.15 bits per heavy atom. The van der Waals surface area contributed by atoms with Gasteiger partial charge in [0.1, 0.15) is 0 Å². The number of aliphatic hydroxyl groups excluding tert-OH is 1. The highest BCUT2D eigenvalue weighted by molar-refractivity contribution is 5.94. The Labute approximate surface area is 153 Å². The molecule has 134 valence electrons. The van der Waals surface area contributed by atoms with Crippen molar-refractivity contribution in [1.82, 2.24) is 15.1 Å². The predicted molar refractivity (Wildman–Crippen MR) is 101 cm³/mol. The molecule has 0 aliphatic carbocycles. The number of amides is 1. The molecule has 3 aromatic rings. The maximum atomic E-state index is 12.4. The Hall–Kier alpha value is -2.92. The zero-order valence-electron chi connectivity index (χ0n) is 15.0. The molecule has 0 aliphatic rings. The SMILES string of the molecule is Cc1cnn(-c2ccc(C(=O)NC(C)C(O)Cc3ccccc3)cc2)c1. The van der Waals surface area contributed by atoms with E-state index in [1.807, 2.05) is 62.5 Å². The quantitative estimate of drug-likeness (QED) is 0.719. The molecular formula is C21H23N3O2. The molecule has 0 fully saturated rings. The minimum Gasteiger partial charge on any atom is -0.391 e. The summed E-state index contributed by atoms with van der Waals surface area (Å²) in [4.78, 5) is 12.4. The predicted octanol–water partition coefficient (Wildman–Crippen LogP) is 2.90. The maximum absolute atomic E-state index is 12.4. The number of aryl methyl sites for hydroxylation is 1. The fourth-order valence-electron chi connectivity index (χ4n) is 2.74. The minimum atomic E-state index is -0.646. The number of nitrogens with zero attached hydrogens (tertiary/aromatic N) is 2. The van der Waals surface area contributed by atoms with Crippen LogP contribution in [0.3, 0.4) is 0 Å². The van der Waals surface area contributed by atoms with E-state index >= 15 is 0 Å². The van der Waals surface area contributed by atoms with E-state index in [9.17, 15) is 9.90 Å². The van der Waals surface area contributed by atoms with Gasteiger partial charge in [-0.05, 0) is 49.2 Å². The Balaban J connectivity index is 1.60. The first-order valence-electron chi connectivity index (χ1n) is 8.67. The Morgan fingerprint density at radius 3 is 2.46 bits per heavy atom. The lowest BCUT2D eigenvalue weighted by molar-refractivity contribution is 0.0852. The van der Waals surface area contributed by atoms with Crippen LogP contribution in [0.1, 0.15) is 28.4 Å². The van der Waals surface area contributed by atoms with Gasteiger partial charge in [-0.1, -0.05) is 30.3 Å². The van der Waals surface area contributed by atoms with E-state index in [-0.39, 0.29) is 11.9 Å². The van der Waals surface area contributed by atoms with Crippen molar-refractivity contribution in [1.29, 1.82) is 0 Å². The summed E-state index contributed by atoms with van der Waals surface area (Å²) in [6, 6.07) is 16.6. The van der Waals surface area contributed by atoms with E-state index in [4.69, 9.17) is 0 Å². The van der Waals surface area contributed by atoms with Crippen molar-refractivity contribution < 1.29 is 9.90 Å². The lowest BCUT2D eigenvalue weighted by atomic mass is 10.0. The van der Waals surface area contributed by atoms with Crippen LogP contribution in [0.2, 0.25) is 0 Å². The van der Waals surface area contributed by atoms with Gasteiger partial charge in [-0.25, -0.2) is 4.68 Å². The van der Waals surface area contributed by atoms with Gasteiger partial charge in [0.25, 0.3) is 5.91 Å². The third kappa shape index (κ3) is 4.37. The van der Waals surface area contributed by atoms with Gasteiger partial charge in [0.15, 0.2) is 0 Å². The van der Waals surface area contributed by atoms with E-state index in [2.05, 4.69) is 10.4 Å². The van der Waals surface area contributed by atoms with E-state index in [1.165, 1.54) is 0 Å². The number of hydrogen-bond donors (Lipinski definition) is 2. The second-order valence-corrected chi connectivity index (χ2v) is 6.53. The van der Waals surface area contributed by atoms with Crippen LogP contribution >= 0.6 is 0 Å². The fourth-order valence-corrected chi connectivity index (χ4v) is 2.74. The zero-order chi connectivity index (χ0) is 18.5. The summed E-state index contributed by atoms with van der Waals surface area (Å²) in [5.41, 5.74) is 3.57. The molecule has 2 unspecified atom stereocenters. The normalized spacial score (nSPS) is 13.2. The summed E-state index contributed by atoms with van der Waals surface area (Å²) in [5, 5.41) is 17.5. The summed E-state index contributed by atoms with van der Waals surface area (Å²) < 4.78 is 1.77. The molecule has 2 N–H and O–H groups in total.